The van der Waals surface area contributed by atoms with E-state index in [1.807, 2.05) is 32.2 Å². The number of carbonyl (C=O) groups is 3. The molecule has 1 aliphatic rings. The van der Waals surface area contributed by atoms with Gasteiger partial charge < -0.3 is 20.4 Å². The smallest absolute Gasteiger partial charge is 0.475 e. The molecule has 0 spiro atoms. The molecule has 3 rings (SSSR count). The fraction of sp³-hybridized carbons (Fsp3) is 0.429. The molecule has 0 aromatic carbocycles. The number of carboxylic acids is 2. The largest absolute Gasteiger partial charge is 0.490 e. The monoisotopic (exact) mass is 543 g/mol. The van der Waals surface area contributed by atoms with E-state index in [2.05, 4.69) is 16.4 Å². The van der Waals surface area contributed by atoms with E-state index in [0.29, 0.717) is 12.6 Å². The van der Waals surface area contributed by atoms with E-state index in [-0.39, 0.29) is 5.91 Å². The molecule has 8 nitrogen and oxygen atoms in total. The number of aromatic nitrogens is 1. The quantitative estimate of drug-likeness (QED) is 0.489. The molecular weight excluding hydrogens is 520 g/mol. The van der Waals surface area contributed by atoms with Gasteiger partial charge in [-0.1, -0.05) is 6.07 Å². The van der Waals surface area contributed by atoms with Crippen molar-refractivity contribution in [2.45, 2.75) is 44.7 Å². The Labute approximate surface area is 205 Å². The summed E-state index contributed by atoms with van der Waals surface area (Å²) in [6, 6.07) is 8.40. The summed E-state index contributed by atoms with van der Waals surface area (Å²) in [5, 5.41) is 17.7. The molecule has 1 aliphatic heterocycles. The first-order valence-corrected chi connectivity index (χ1v) is 10.9. The van der Waals surface area contributed by atoms with Gasteiger partial charge in [-0.25, -0.2) is 9.59 Å². The van der Waals surface area contributed by atoms with Gasteiger partial charge in [0.15, 0.2) is 0 Å². The highest BCUT2D eigenvalue weighted by Crippen LogP contribution is 2.30. The number of nitrogens with one attached hydrogen (secondary N) is 1. The maximum absolute atomic E-state index is 12.6. The Bertz CT molecular complexity index is 1010. The van der Waals surface area contributed by atoms with Gasteiger partial charge in [-0.05, 0) is 50.1 Å². The molecule has 1 atom stereocenters. The van der Waals surface area contributed by atoms with E-state index in [9.17, 15) is 31.1 Å². The SMILES string of the molecule is Cc1cccnc1CN(C)C(=O)c1ccc(C2CCCN2)s1.O=C(O)C(F)(F)F.O=C(O)C(F)(F)F. The number of carboxylic acid groups (broad SMARTS) is 2. The van der Waals surface area contributed by atoms with E-state index in [0.717, 1.165) is 29.1 Å². The Morgan fingerprint density at radius 2 is 1.64 bits per heavy atom. The van der Waals surface area contributed by atoms with Crippen molar-refractivity contribution in [3.8, 4) is 0 Å². The van der Waals surface area contributed by atoms with Gasteiger partial charge in [0.25, 0.3) is 5.91 Å². The van der Waals surface area contributed by atoms with Crippen molar-refractivity contribution in [3.05, 3.63) is 51.5 Å². The van der Waals surface area contributed by atoms with E-state index in [1.165, 1.54) is 11.3 Å². The average Bonchev–Trinajstić information content (AvgIpc) is 3.46. The predicted molar refractivity (Wildman–Crippen MR) is 116 cm³/mol. The molecule has 2 aromatic heterocycles. The lowest BCUT2D eigenvalue weighted by molar-refractivity contribution is -0.193. The molecule has 3 heterocycles. The van der Waals surface area contributed by atoms with Gasteiger partial charge in [0.05, 0.1) is 17.1 Å². The van der Waals surface area contributed by atoms with Gasteiger partial charge in [0.2, 0.25) is 0 Å². The Kier molecular flexibility index (Phi) is 11.3. The summed E-state index contributed by atoms with van der Waals surface area (Å²) in [5.41, 5.74) is 2.07. The molecule has 1 fully saturated rings. The van der Waals surface area contributed by atoms with Crippen LogP contribution in [0.4, 0.5) is 26.3 Å². The fourth-order valence-electron chi connectivity index (χ4n) is 2.75. The van der Waals surface area contributed by atoms with E-state index in [1.54, 1.807) is 22.4 Å². The molecule has 1 unspecified atom stereocenters. The Hall–Kier alpha value is -3.20. The summed E-state index contributed by atoms with van der Waals surface area (Å²) in [4.78, 5) is 38.5. The molecule has 0 bridgehead atoms. The highest BCUT2D eigenvalue weighted by molar-refractivity contribution is 7.14. The number of amides is 1. The van der Waals surface area contributed by atoms with Crippen LogP contribution in [0.25, 0.3) is 0 Å². The first-order valence-electron chi connectivity index (χ1n) is 10.1. The first kappa shape index (κ1) is 30.8. The van der Waals surface area contributed by atoms with Crippen LogP contribution in [0.15, 0.2) is 30.5 Å². The van der Waals surface area contributed by atoms with Crippen molar-refractivity contribution in [2.24, 2.45) is 0 Å². The minimum Gasteiger partial charge on any atom is -0.475 e. The molecule has 0 aliphatic carbocycles. The lowest BCUT2D eigenvalue weighted by Crippen LogP contribution is -2.26. The van der Waals surface area contributed by atoms with Crippen molar-refractivity contribution in [2.75, 3.05) is 13.6 Å². The number of aliphatic carboxylic acids is 2. The highest BCUT2D eigenvalue weighted by atomic mass is 32.1. The Morgan fingerprint density at radius 1 is 1.08 bits per heavy atom. The third-order valence-electron chi connectivity index (χ3n) is 4.58. The first-order chi connectivity index (χ1) is 16.5. The van der Waals surface area contributed by atoms with Gasteiger partial charge in [0, 0.05) is 24.2 Å². The molecule has 0 radical (unpaired) electrons. The summed E-state index contributed by atoms with van der Waals surface area (Å²) < 4.78 is 63.5. The number of aryl methyl sites for hydroxylation is 1. The predicted octanol–water partition coefficient (Wildman–Crippen LogP) is 4.41. The number of nitrogens with zero attached hydrogens (tertiary/aromatic N) is 2. The number of pyridine rings is 1. The van der Waals surface area contributed by atoms with Crippen LogP contribution >= 0.6 is 11.3 Å². The number of carbonyl (C=O) groups excluding carboxylic acids is 1. The van der Waals surface area contributed by atoms with E-state index < -0.39 is 24.3 Å². The second-order valence-corrected chi connectivity index (χ2v) is 8.50. The fourth-order valence-corrected chi connectivity index (χ4v) is 3.86. The van der Waals surface area contributed by atoms with Crippen molar-refractivity contribution in [1.82, 2.24) is 15.2 Å². The molecule has 3 N–H and O–H groups in total. The summed E-state index contributed by atoms with van der Waals surface area (Å²) in [7, 11) is 1.84. The van der Waals surface area contributed by atoms with Crippen LogP contribution in [0.3, 0.4) is 0 Å². The topological polar surface area (TPSA) is 120 Å². The second kappa shape index (κ2) is 13.2. The summed E-state index contributed by atoms with van der Waals surface area (Å²) in [6.07, 6.45) is -6.02. The van der Waals surface area contributed by atoms with Crippen molar-refractivity contribution >= 4 is 29.2 Å². The number of halogens is 6. The Morgan fingerprint density at radius 3 is 2.08 bits per heavy atom. The lowest BCUT2D eigenvalue weighted by atomic mass is 10.2. The molecular formula is C21H23F6N3O5S. The minimum absolute atomic E-state index is 0.0688. The molecule has 2 aromatic rings. The lowest BCUT2D eigenvalue weighted by Gasteiger charge is -2.17. The maximum Gasteiger partial charge on any atom is 0.490 e. The van der Waals surface area contributed by atoms with Crippen molar-refractivity contribution < 1.29 is 50.9 Å². The molecule has 0 saturated carbocycles. The van der Waals surface area contributed by atoms with Crippen molar-refractivity contribution in [1.29, 1.82) is 0 Å². The zero-order chi connectivity index (χ0) is 27.7. The molecule has 200 valence electrons. The van der Waals surface area contributed by atoms with Crippen LogP contribution in [-0.4, -0.2) is 63.9 Å². The van der Waals surface area contributed by atoms with Gasteiger partial charge in [-0.3, -0.25) is 9.78 Å². The minimum atomic E-state index is -5.08. The second-order valence-electron chi connectivity index (χ2n) is 7.38. The third kappa shape index (κ3) is 10.2. The molecule has 15 heteroatoms. The Balaban J connectivity index is 0.000000383. The maximum atomic E-state index is 12.6. The van der Waals surface area contributed by atoms with Crippen LogP contribution in [0.1, 0.15) is 44.7 Å². The zero-order valence-corrected chi connectivity index (χ0v) is 19.8. The molecule has 36 heavy (non-hydrogen) atoms. The molecule has 1 amide bonds. The van der Waals surface area contributed by atoms with Gasteiger partial charge >= 0.3 is 24.3 Å². The third-order valence-corrected chi connectivity index (χ3v) is 5.76. The summed E-state index contributed by atoms with van der Waals surface area (Å²) in [5.74, 6) is -5.45. The number of thiophene rings is 1. The summed E-state index contributed by atoms with van der Waals surface area (Å²) >= 11 is 1.61. The number of alkyl halides is 6. The van der Waals surface area contributed by atoms with Gasteiger partial charge in [-0.15, -0.1) is 11.3 Å². The average molecular weight is 543 g/mol. The number of rotatable bonds is 4. The van der Waals surface area contributed by atoms with Crippen LogP contribution in [0.5, 0.6) is 0 Å². The van der Waals surface area contributed by atoms with Crippen LogP contribution in [0.2, 0.25) is 0 Å². The van der Waals surface area contributed by atoms with Crippen LogP contribution < -0.4 is 5.32 Å². The number of hydrogen-bond donors (Lipinski definition) is 3. The van der Waals surface area contributed by atoms with Gasteiger partial charge in [0.1, 0.15) is 0 Å². The zero-order valence-electron chi connectivity index (χ0n) is 19.0. The van der Waals surface area contributed by atoms with E-state index >= 15 is 0 Å². The van der Waals surface area contributed by atoms with Crippen LogP contribution in [-0.2, 0) is 16.1 Å². The number of hydrogen-bond acceptors (Lipinski definition) is 6. The standard InChI is InChI=1S/C17H21N3OS.2C2HF3O2/c1-12-5-3-9-19-14(12)11-20(2)17(21)16-8-7-15(22-16)13-6-4-10-18-13;2*3-2(4,5)1(6)7/h3,5,7-9,13,18H,4,6,10-11H2,1-2H3;2*(H,6,7). The van der Waals surface area contributed by atoms with Crippen LogP contribution in [0, 0.1) is 6.92 Å². The van der Waals surface area contributed by atoms with Gasteiger partial charge in [-0.2, -0.15) is 26.3 Å². The highest BCUT2D eigenvalue weighted by Gasteiger charge is 2.38. The van der Waals surface area contributed by atoms with E-state index in [4.69, 9.17) is 19.8 Å². The normalized spacial score (nSPS) is 15.2. The molecule has 1 saturated heterocycles. The van der Waals surface area contributed by atoms with Crippen molar-refractivity contribution in [3.63, 3.8) is 0 Å². The summed E-state index contributed by atoms with van der Waals surface area (Å²) in [6.45, 7) is 3.64.